The van der Waals surface area contributed by atoms with Crippen LogP contribution in [0.25, 0.3) is 0 Å². The number of nitrogens with one attached hydrogen (secondary N) is 1. The molecule has 0 fully saturated rings. The van der Waals surface area contributed by atoms with Gasteiger partial charge in [-0.05, 0) is 32.3 Å². The van der Waals surface area contributed by atoms with E-state index in [1.807, 2.05) is 52.8 Å². The molecule has 1 aromatic carbocycles. The molecule has 2 amide bonds. The van der Waals surface area contributed by atoms with Gasteiger partial charge in [-0.1, -0.05) is 50.6 Å². The van der Waals surface area contributed by atoms with Crippen LogP contribution in [0.5, 0.6) is 0 Å². The minimum Gasteiger partial charge on any atom is -0.352 e. The fourth-order valence-corrected chi connectivity index (χ4v) is 2.57. The Morgan fingerprint density at radius 3 is 2.39 bits per heavy atom. The second kappa shape index (κ2) is 9.33. The molecule has 2 atom stereocenters. The molecule has 0 spiro atoms. The number of amides is 2. The quantitative estimate of drug-likeness (QED) is 0.798. The lowest BCUT2D eigenvalue weighted by molar-refractivity contribution is -0.141. The Kier molecular flexibility index (Phi) is 7.79. The zero-order valence-corrected chi connectivity index (χ0v) is 15.1. The summed E-state index contributed by atoms with van der Waals surface area (Å²) < 4.78 is 0. The van der Waals surface area contributed by atoms with E-state index in [0.717, 1.165) is 17.5 Å². The lowest BCUT2D eigenvalue weighted by Crippen LogP contribution is -2.50. The average Bonchev–Trinajstić information content (AvgIpc) is 2.53. The molecule has 1 aromatic rings. The van der Waals surface area contributed by atoms with E-state index in [1.54, 1.807) is 4.90 Å². The maximum atomic E-state index is 12.6. The molecule has 0 aliphatic carbocycles. The van der Waals surface area contributed by atoms with E-state index < -0.39 is 6.04 Å². The van der Waals surface area contributed by atoms with Crippen molar-refractivity contribution in [1.82, 2.24) is 10.2 Å². The largest absolute Gasteiger partial charge is 0.352 e. The van der Waals surface area contributed by atoms with E-state index in [2.05, 4.69) is 11.4 Å². The third-order valence-electron chi connectivity index (χ3n) is 4.12. The van der Waals surface area contributed by atoms with Gasteiger partial charge in [0.1, 0.15) is 6.04 Å². The van der Waals surface area contributed by atoms with Crippen molar-refractivity contribution >= 4 is 11.8 Å². The second-order valence-corrected chi connectivity index (χ2v) is 6.11. The summed E-state index contributed by atoms with van der Waals surface area (Å²) in [5.74, 6) is -0.0473. The third-order valence-corrected chi connectivity index (χ3v) is 4.12. The van der Waals surface area contributed by atoms with Crippen LogP contribution >= 0.6 is 0 Å². The van der Waals surface area contributed by atoms with Crippen LogP contribution in [0.4, 0.5) is 0 Å². The van der Waals surface area contributed by atoms with Crippen molar-refractivity contribution in [3.8, 4) is 0 Å². The van der Waals surface area contributed by atoms with Gasteiger partial charge in [-0.3, -0.25) is 9.59 Å². The standard InChI is InChI=1S/C19H30N2O2/c1-6-15(5)20-19(23)17(7-2)21(18(22)8-3)13-16-11-9-10-14(4)12-16/h9-12,15,17H,6-8,13H2,1-5H3,(H,20,23). The minimum absolute atomic E-state index is 0.0117. The lowest BCUT2D eigenvalue weighted by atomic mass is 10.1. The van der Waals surface area contributed by atoms with Crippen molar-refractivity contribution < 1.29 is 9.59 Å². The number of carbonyl (C=O) groups excluding carboxylic acids is 2. The molecular formula is C19H30N2O2. The Balaban J connectivity index is 2.98. The molecule has 0 bridgehead atoms. The molecule has 0 heterocycles. The summed E-state index contributed by atoms with van der Waals surface area (Å²) in [5, 5.41) is 3.00. The van der Waals surface area contributed by atoms with Crippen LogP contribution in [0.1, 0.15) is 58.1 Å². The van der Waals surface area contributed by atoms with Crippen molar-refractivity contribution in [3.63, 3.8) is 0 Å². The smallest absolute Gasteiger partial charge is 0.243 e. The molecule has 0 aliphatic rings. The van der Waals surface area contributed by atoms with Gasteiger partial charge in [0.15, 0.2) is 0 Å². The maximum Gasteiger partial charge on any atom is 0.243 e. The summed E-state index contributed by atoms with van der Waals surface area (Å²) in [6.07, 6.45) is 1.89. The number of hydrogen-bond acceptors (Lipinski definition) is 2. The van der Waals surface area contributed by atoms with Crippen LogP contribution in [0.2, 0.25) is 0 Å². The van der Waals surface area contributed by atoms with Crippen molar-refractivity contribution in [1.29, 1.82) is 0 Å². The molecule has 128 valence electrons. The molecular weight excluding hydrogens is 288 g/mol. The van der Waals surface area contributed by atoms with E-state index in [0.29, 0.717) is 19.4 Å². The van der Waals surface area contributed by atoms with Gasteiger partial charge in [0.2, 0.25) is 11.8 Å². The monoisotopic (exact) mass is 318 g/mol. The van der Waals surface area contributed by atoms with Crippen LogP contribution in [-0.2, 0) is 16.1 Å². The molecule has 4 nitrogen and oxygen atoms in total. The Bertz CT molecular complexity index is 528. The Labute approximate surface area is 140 Å². The summed E-state index contributed by atoms with van der Waals surface area (Å²) in [7, 11) is 0. The van der Waals surface area contributed by atoms with Gasteiger partial charge in [-0.2, -0.15) is 0 Å². The molecule has 23 heavy (non-hydrogen) atoms. The van der Waals surface area contributed by atoms with Crippen molar-refractivity contribution in [2.45, 2.75) is 72.5 Å². The van der Waals surface area contributed by atoms with E-state index >= 15 is 0 Å². The highest BCUT2D eigenvalue weighted by Gasteiger charge is 2.28. The average molecular weight is 318 g/mol. The van der Waals surface area contributed by atoms with Gasteiger partial charge >= 0.3 is 0 Å². The Morgan fingerprint density at radius 2 is 1.87 bits per heavy atom. The molecule has 1 rings (SSSR count). The molecule has 0 aromatic heterocycles. The molecule has 4 heteroatoms. The normalized spacial score (nSPS) is 13.3. The van der Waals surface area contributed by atoms with Crippen molar-refractivity contribution in [2.75, 3.05) is 0 Å². The highest BCUT2D eigenvalue weighted by Crippen LogP contribution is 2.14. The highest BCUT2D eigenvalue weighted by molar-refractivity contribution is 5.87. The second-order valence-electron chi connectivity index (χ2n) is 6.11. The van der Waals surface area contributed by atoms with Crippen LogP contribution < -0.4 is 5.32 Å². The van der Waals surface area contributed by atoms with Crippen LogP contribution in [0.15, 0.2) is 24.3 Å². The highest BCUT2D eigenvalue weighted by atomic mass is 16.2. The molecule has 1 N–H and O–H groups in total. The van der Waals surface area contributed by atoms with Crippen LogP contribution in [0.3, 0.4) is 0 Å². The summed E-state index contributed by atoms with van der Waals surface area (Å²) in [6.45, 7) is 10.3. The van der Waals surface area contributed by atoms with E-state index in [-0.39, 0.29) is 17.9 Å². The first-order valence-corrected chi connectivity index (χ1v) is 8.58. The number of nitrogens with zero attached hydrogens (tertiary/aromatic N) is 1. The van der Waals surface area contributed by atoms with Gasteiger partial charge < -0.3 is 10.2 Å². The zero-order valence-electron chi connectivity index (χ0n) is 15.1. The molecule has 0 radical (unpaired) electrons. The molecule has 0 saturated heterocycles. The Morgan fingerprint density at radius 1 is 1.17 bits per heavy atom. The van der Waals surface area contributed by atoms with Gasteiger partial charge in [0, 0.05) is 19.0 Å². The van der Waals surface area contributed by atoms with Crippen LogP contribution in [0, 0.1) is 6.92 Å². The van der Waals surface area contributed by atoms with E-state index in [4.69, 9.17) is 0 Å². The Hall–Kier alpha value is -1.84. The number of benzene rings is 1. The number of carbonyl (C=O) groups is 2. The number of rotatable bonds is 8. The predicted molar refractivity (Wildman–Crippen MR) is 94.0 cm³/mol. The first kappa shape index (κ1) is 19.2. The number of hydrogen-bond donors (Lipinski definition) is 1. The minimum atomic E-state index is -0.419. The molecule has 0 saturated carbocycles. The SMILES string of the molecule is CCC(=O)N(Cc1cccc(C)c1)C(CC)C(=O)NC(C)CC. The van der Waals surface area contributed by atoms with E-state index in [1.165, 1.54) is 0 Å². The summed E-state index contributed by atoms with van der Waals surface area (Å²) in [6, 6.07) is 7.78. The predicted octanol–water partition coefficient (Wildman–Crippen LogP) is 3.43. The fraction of sp³-hybridized carbons (Fsp3) is 0.579. The topological polar surface area (TPSA) is 49.4 Å². The molecule has 2 unspecified atom stereocenters. The van der Waals surface area contributed by atoms with Gasteiger partial charge in [-0.15, -0.1) is 0 Å². The first-order valence-electron chi connectivity index (χ1n) is 8.58. The van der Waals surface area contributed by atoms with Crippen molar-refractivity contribution in [2.24, 2.45) is 0 Å². The van der Waals surface area contributed by atoms with Gasteiger partial charge in [0.05, 0.1) is 0 Å². The fourth-order valence-electron chi connectivity index (χ4n) is 2.57. The van der Waals surface area contributed by atoms with Gasteiger partial charge in [-0.25, -0.2) is 0 Å². The summed E-state index contributed by atoms with van der Waals surface area (Å²) in [5.41, 5.74) is 2.21. The summed E-state index contributed by atoms with van der Waals surface area (Å²) >= 11 is 0. The number of aryl methyl sites for hydroxylation is 1. The third kappa shape index (κ3) is 5.70. The molecule has 0 aliphatic heterocycles. The van der Waals surface area contributed by atoms with Crippen molar-refractivity contribution in [3.05, 3.63) is 35.4 Å². The first-order chi connectivity index (χ1) is 10.9. The van der Waals surface area contributed by atoms with E-state index in [9.17, 15) is 9.59 Å². The maximum absolute atomic E-state index is 12.6. The lowest BCUT2D eigenvalue weighted by Gasteiger charge is -2.31. The van der Waals surface area contributed by atoms with Crippen LogP contribution in [-0.4, -0.2) is 28.8 Å². The summed E-state index contributed by atoms with van der Waals surface area (Å²) in [4.78, 5) is 26.7. The van der Waals surface area contributed by atoms with Gasteiger partial charge in [0.25, 0.3) is 0 Å². The zero-order chi connectivity index (χ0) is 17.4.